The van der Waals surface area contributed by atoms with Gasteiger partial charge in [-0.15, -0.1) is 0 Å². The van der Waals surface area contributed by atoms with Gasteiger partial charge in [-0.1, -0.05) is 26.1 Å². The number of hydrogen-bond acceptors (Lipinski definition) is 3. The Bertz CT molecular complexity index is 432. The van der Waals surface area contributed by atoms with Crippen molar-refractivity contribution in [2.24, 2.45) is 11.7 Å². The molecule has 2 N–H and O–H groups in total. The second-order valence-electron chi connectivity index (χ2n) is 5.20. The van der Waals surface area contributed by atoms with E-state index < -0.39 is 0 Å². The molecule has 0 radical (unpaired) electrons. The van der Waals surface area contributed by atoms with Crippen LogP contribution in [0.25, 0.3) is 0 Å². The first-order valence-electron chi connectivity index (χ1n) is 6.60. The monoisotopic (exact) mass is 280 g/mol. The van der Waals surface area contributed by atoms with E-state index in [9.17, 15) is 0 Å². The van der Waals surface area contributed by atoms with Crippen LogP contribution in [0.1, 0.15) is 25.0 Å². The van der Waals surface area contributed by atoms with Gasteiger partial charge in [-0.2, -0.15) is 0 Å². The summed E-state index contributed by atoms with van der Waals surface area (Å²) >= 11 is 5.01. The summed E-state index contributed by atoms with van der Waals surface area (Å²) in [5.74, 6) is 0.603. The molecule has 0 saturated heterocycles. The van der Waals surface area contributed by atoms with E-state index in [1.165, 1.54) is 11.3 Å². The van der Waals surface area contributed by atoms with Gasteiger partial charge < -0.3 is 15.4 Å². The molecule has 1 aromatic rings. The summed E-state index contributed by atoms with van der Waals surface area (Å²) < 4.78 is 5.19. The number of aryl methyl sites for hydroxylation is 1. The summed E-state index contributed by atoms with van der Waals surface area (Å²) in [4.78, 5) is 2.80. The Morgan fingerprint density at radius 3 is 2.58 bits per heavy atom. The highest BCUT2D eigenvalue weighted by Crippen LogP contribution is 2.22. The number of rotatable bonds is 7. The number of thiocarbonyl (C=S) groups is 1. The van der Waals surface area contributed by atoms with Gasteiger partial charge in [0.1, 0.15) is 4.99 Å². The van der Waals surface area contributed by atoms with E-state index in [1.54, 1.807) is 7.11 Å². The molecule has 0 spiro atoms. The molecule has 3 nitrogen and oxygen atoms in total. The van der Waals surface area contributed by atoms with Crippen LogP contribution < -0.4 is 10.6 Å². The zero-order chi connectivity index (χ0) is 14.4. The highest BCUT2D eigenvalue weighted by molar-refractivity contribution is 7.80. The van der Waals surface area contributed by atoms with Crippen LogP contribution in [-0.2, 0) is 4.74 Å². The van der Waals surface area contributed by atoms with Crippen LogP contribution in [0.3, 0.4) is 0 Å². The molecule has 4 heteroatoms. The Hall–Kier alpha value is -1.13. The molecule has 0 fully saturated rings. The maximum absolute atomic E-state index is 5.67. The number of anilines is 1. The van der Waals surface area contributed by atoms with Crippen molar-refractivity contribution in [3.63, 3.8) is 0 Å². The van der Waals surface area contributed by atoms with Gasteiger partial charge in [0, 0.05) is 31.5 Å². The lowest BCUT2D eigenvalue weighted by molar-refractivity contribution is 0.204. The molecular formula is C15H24N2OS. The maximum Gasteiger partial charge on any atom is 0.103 e. The highest BCUT2D eigenvalue weighted by Gasteiger charge is 2.11. The third-order valence-electron chi connectivity index (χ3n) is 2.97. The van der Waals surface area contributed by atoms with E-state index in [0.717, 1.165) is 25.3 Å². The Labute approximate surface area is 121 Å². The van der Waals surface area contributed by atoms with Crippen LogP contribution in [0.2, 0.25) is 0 Å². The lowest BCUT2D eigenvalue weighted by Crippen LogP contribution is -2.31. The van der Waals surface area contributed by atoms with Crippen molar-refractivity contribution in [1.29, 1.82) is 0 Å². The van der Waals surface area contributed by atoms with E-state index in [1.807, 2.05) is 6.07 Å². The summed E-state index contributed by atoms with van der Waals surface area (Å²) in [5, 5.41) is 0. The fourth-order valence-corrected chi connectivity index (χ4v) is 2.24. The minimum absolute atomic E-state index is 0.446. The maximum atomic E-state index is 5.67. The molecule has 0 aliphatic heterocycles. The van der Waals surface area contributed by atoms with Gasteiger partial charge in [0.25, 0.3) is 0 Å². The lowest BCUT2D eigenvalue weighted by atomic mass is 10.1. The molecule has 0 aliphatic rings. The molecule has 0 bridgehead atoms. The quantitative estimate of drug-likeness (QED) is 0.780. The third-order valence-corrected chi connectivity index (χ3v) is 3.21. The van der Waals surface area contributed by atoms with Gasteiger partial charge in [-0.05, 0) is 36.6 Å². The minimum Gasteiger partial charge on any atom is -0.389 e. The second kappa shape index (κ2) is 7.46. The summed E-state index contributed by atoms with van der Waals surface area (Å²) in [7, 11) is 1.73. The van der Waals surface area contributed by atoms with Gasteiger partial charge in [0.05, 0.1) is 6.61 Å². The molecule has 1 rings (SSSR count). The third kappa shape index (κ3) is 4.80. The lowest BCUT2D eigenvalue weighted by Gasteiger charge is -2.28. The molecule has 0 aliphatic carbocycles. The van der Waals surface area contributed by atoms with Crippen molar-refractivity contribution in [3.8, 4) is 0 Å². The van der Waals surface area contributed by atoms with Gasteiger partial charge in [0.15, 0.2) is 0 Å². The van der Waals surface area contributed by atoms with Crippen molar-refractivity contribution >= 4 is 22.9 Å². The minimum atomic E-state index is 0.446. The van der Waals surface area contributed by atoms with Gasteiger partial charge in [-0.25, -0.2) is 0 Å². The van der Waals surface area contributed by atoms with Crippen LogP contribution in [0.4, 0.5) is 5.69 Å². The number of methoxy groups -OCH3 is 1. The van der Waals surface area contributed by atoms with Crippen molar-refractivity contribution in [1.82, 2.24) is 0 Å². The average Bonchev–Trinajstić information content (AvgIpc) is 2.34. The Morgan fingerprint density at radius 1 is 1.42 bits per heavy atom. The Kier molecular flexibility index (Phi) is 6.25. The van der Waals surface area contributed by atoms with E-state index in [0.29, 0.717) is 10.9 Å². The molecule has 0 amide bonds. The second-order valence-corrected chi connectivity index (χ2v) is 5.64. The fraction of sp³-hybridized carbons (Fsp3) is 0.533. The van der Waals surface area contributed by atoms with Gasteiger partial charge >= 0.3 is 0 Å². The van der Waals surface area contributed by atoms with Crippen LogP contribution >= 0.6 is 12.2 Å². The summed E-state index contributed by atoms with van der Waals surface area (Å²) in [5.41, 5.74) is 9.02. The normalized spacial score (nSPS) is 10.8. The topological polar surface area (TPSA) is 38.5 Å². The molecule has 19 heavy (non-hydrogen) atoms. The number of nitrogens with zero attached hydrogens (tertiary/aromatic N) is 1. The van der Waals surface area contributed by atoms with Gasteiger partial charge in [0.2, 0.25) is 0 Å². The molecule has 0 saturated carbocycles. The molecule has 106 valence electrons. The molecule has 0 atom stereocenters. The zero-order valence-electron chi connectivity index (χ0n) is 12.3. The van der Waals surface area contributed by atoms with E-state index in [2.05, 4.69) is 37.8 Å². The van der Waals surface area contributed by atoms with Crippen LogP contribution in [0, 0.1) is 12.8 Å². The Balaban J connectivity index is 2.97. The van der Waals surface area contributed by atoms with Crippen LogP contribution in [0.5, 0.6) is 0 Å². The first kappa shape index (κ1) is 15.9. The zero-order valence-corrected chi connectivity index (χ0v) is 13.1. The number of nitrogens with two attached hydrogens (primary N) is 1. The molecule has 0 aromatic heterocycles. The number of benzene rings is 1. The van der Waals surface area contributed by atoms with Crippen molar-refractivity contribution in [2.45, 2.75) is 20.8 Å². The molecular weight excluding hydrogens is 256 g/mol. The largest absolute Gasteiger partial charge is 0.389 e. The molecule has 0 heterocycles. The van der Waals surface area contributed by atoms with E-state index >= 15 is 0 Å². The standard InChI is InChI=1S/C15H24N2OS/c1-11(2)10-17(7-8-18-4)14-6-5-13(15(16)19)9-12(14)3/h5-6,9,11H,7-8,10H2,1-4H3,(H2,16,19). The smallest absolute Gasteiger partial charge is 0.103 e. The van der Waals surface area contributed by atoms with Crippen LogP contribution in [0.15, 0.2) is 18.2 Å². The predicted molar refractivity (Wildman–Crippen MR) is 86.0 cm³/mol. The Morgan fingerprint density at radius 2 is 2.11 bits per heavy atom. The molecule has 1 aromatic carbocycles. The van der Waals surface area contributed by atoms with Crippen LogP contribution in [-0.4, -0.2) is 31.8 Å². The summed E-state index contributed by atoms with van der Waals surface area (Å²) in [6.45, 7) is 9.16. The SMILES string of the molecule is COCCN(CC(C)C)c1ccc(C(N)=S)cc1C. The number of ether oxygens (including phenoxy) is 1. The summed E-state index contributed by atoms with van der Waals surface area (Å²) in [6, 6.07) is 6.14. The van der Waals surface area contributed by atoms with Gasteiger partial charge in [-0.3, -0.25) is 0 Å². The number of hydrogen-bond donors (Lipinski definition) is 1. The summed E-state index contributed by atoms with van der Waals surface area (Å²) in [6.07, 6.45) is 0. The molecule has 0 unspecified atom stereocenters. The average molecular weight is 280 g/mol. The fourth-order valence-electron chi connectivity index (χ4n) is 2.12. The van der Waals surface area contributed by atoms with Crippen molar-refractivity contribution in [2.75, 3.05) is 31.7 Å². The first-order chi connectivity index (χ1) is 8.95. The first-order valence-corrected chi connectivity index (χ1v) is 7.01. The van der Waals surface area contributed by atoms with E-state index in [4.69, 9.17) is 22.7 Å². The highest BCUT2D eigenvalue weighted by atomic mass is 32.1. The van der Waals surface area contributed by atoms with Crippen molar-refractivity contribution < 1.29 is 4.74 Å². The van der Waals surface area contributed by atoms with Crippen molar-refractivity contribution in [3.05, 3.63) is 29.3 Å². The predicted octanol–water partition coefficient (Wildman–Crippen LogP) is 2.74. The van der Waals surface area contributed by atoms with E-state index in [-0.39, 0.29) is 0 Å².